The minimum absolute atomic E-state index is 0. The molecule has 3 nitrogen and oxygen atoms in total. The molecule has 0 aromatic heterocycles. The summed E-state index contributed by atoms with van der Waals surface area (Å²) in [6.07, 6.45) is 4.90. The van der Waals surface area contributed by atoms with Crippen molar-refractivity contribution in [1.82, 2.24) is 10.6 Å². The summed E-state index contributed by atoms with van der Waals surface area (Å²) in [5.41, 5.74) is 0. The molecular formula is C12H25ClN2O. The van der Waals surface area contributed by atoms with Crippen LogP contribution in [0.4, 0.5) is 0 Å². The zero-order valence-corrected chi connectivity index (χ0v) is 11.4. The summed E-state index contributed by atoms with van der Waals surface area (Å²) in [6.45, 7) is 4.95. The monoisotopic (exact) mass is 248 g/mol. The van der Waals surface area contributed by atoms with Crippen LogP contribution in [0.2, 0.25) is 0 Å². The highest BCUT2D eigenvalue weighted by Gasteiger charge is 2.27. The lowest BCUT2D eigenvalue weighted by Crippen LogP contribution is -2.42. The first kappa shape index (κ1) is 15.7. The van der Waals surface area contributed by atoms with Crippen molar-refractivity contribution in [1.29, 1.82) is 0 Å². The van der Waals surface area contributed by atoms with E-state index in [2.05, 4.69) is 17.6 Å². The highest BCUT2D eigenvalue weighted by molar-refractivity contribution is 5.85. The normalized spacial score (nSPS) is 25.9. The van der Waals surface area contributed by atoms with E-state index in [0.717, 1.165) is 13.0 Å². The number of rotatable bonds is 5. The summed E-state index contributed by atoms with van der Waals surface area (Å²) >= 11 is 0. The van der Waals surface area contributed by atoms with Crippen molar-refractivity contribution in [3.8, 4) is 0 Å². The van der Waals surface area contributed by atoms with E-state index in [1.165, 1.54) is 19.3 Å². The number of nitrogens with one attached hydrogen (secondary N) is 2. The molecule has 3 unspecified atom stereocenters. The van der Waals surface area contributed by atoms with Crippen LogP contribution in [0.1, 0.15) is 39.5 Å². The second-order valence-corrected chi connectivity index (χ2v) is 4.67. The van der Waals surface area contributed by atoms with Gasteiger partial charge in [0.25, 0.3) is 0 Å². The number of hydrogen-bond acceptors (Lipinski definition) is 2. The third-order valence-corrected chi connectivity index (χ3v) is 3.47. The molecule has 4 heteroatoms. The van der Waals surface area contributed by atoms with Gasteiger partial charge in [0.15, 0.2) is 0 Å². The quantitative estimate of drug-likeness (QED) is 0.781. The average molecular weight is 249 g/mol. The Hall–Kier alpha value is -0.280. The topological polar surface area (TPSA) is 41.1 Å². The number of amides is 1. The van der Waals surface area contributed by atoms with Crippen LogP contribution in [0.15, 0.2) is 0 Å². The van der Waals surface area contributed by atoms with Crippen molar-refractivity contribution < 1.29 is 4.79 Å². The van der Waals surface area contributed by atoms with E-state index >= 15 is 0 Å². The zero-order valence-electron chi connectivity index (χ0n) is 10.6. The maximum Gasteiger partial charge on any atom is 0.224 e. The molecule has 0 bridgehead atoms. The fourth-order valence-corrected chi connectivity index (χ4v) is 2.44. The van der Waals surface area contributed by atoms with Gasteiger partial charge in [0.1, 0.15) is 0 Å². The van der Waals surface area contributed by atoms with Crippen LogP contribution in [0.5, 0.6) is 0 Å². The maximum absolute atomic E-state index is 11.8. The highest BCUT2D eigenvalue weighted by Crippen LogP contribution is 2.28. The molecule has 1 fully saturated rings. The molecule has 1 rings (SSSR count). The van der Waals surface area contributed by atoms with E-state index < -0.39 is 0 Å². The van der Waals surface area contributed by atoms with Crippen LogP contribution >= 0.6 is 12.4 Å². The Bertz CT molecular complexity index is 211. The van der Waals surface area contributed by atoms with Crippen LogP contribution in [-0.4, -0.2) is 25.5 Å². The molecule has 0 aromatic carbocycles. The van der Waals surface area contributed by atoms with E-state index in [-0.39, 0.29) is 24.2 Å². The minimum atomic E-state index is 0. The lowest BCUT2D eigenvalue weighted by molar-refractivity contribution is -0.125. The molecular weight excluding hydrogens is 224 g/mol. The van der Waals surface area contributed by atoms with Crippen LogP contribution < -0.4 is 10.6 Å². The summed E-state index contributed by atoms with van der Waals surface area (Å²) in [7, 11) is 1.88. The molecule has 16 heavy (non-hydrogen) atoms. The Labute approximate surface area is 105 Å². The molecule has 0 aromatic rings. The van der Waals surface area contributed by atoms with E-state index in [1.807, 2.05) is 14.0 Å². The second kappa shape index (κ2) is 7.91. The van der Waals surface area contributed by atoms with Crippen LogP contribution in [-0.2, 0) is 4.79 Å². The maximum atomic E-state index is 11.8. The van der Waals surface area contributed by atoms with Crippen molar-refractivity contribution in [2.45, 2.75) is 45.6 Å². The first-order valence-electron chi connectivity index (χ1n) is 6.14. The van der Waals surface area contributed by atoms with Crippen molar-refractivity contribution in [3.63, 3.8) is 0 Å². The standard InChI is InChI=1S/C12H24N2O.ClH/c1-4-10-6-5-7-11(10)14-12(15)9(2)8-13-3;/h9-11,13H,4-8H2,1-3H3,(H,14,15);1H. The Morgan fingerprint density at radius 3 is 2.69 bits per heavy atom. The Morgan fingerprint density at radius 2 is 2.12 bits per heavy atom. The van der Waals surface area contributed by atoms with Crippen molar-refractivity contribution >= 4 is 18.3 Å². The van der Waals surface area contributed by atoms with Crippen LogP contribution in [0.3, 0.4) is 0 Å². The molecule has 1 aliphatic rings. The summed E-state index contributed by atoms with van der Waals surface area (Å²) in [5, 5.41) is 6.22. The smallest absolute Gasteiger partial charge is 0.224 e. The van der Waals surface area contributed by atoms with Gasteiger partial charge in [-0.05, 0) is 25.8 Å². The average Bonchev–Trinajstić information content (AvgIpc) is 2.65. The van der Waals surface area contributed by atoms with Crippen molar-refractivity contribution in [2.75, 3.05) is 13.6 Å². The fourth-order valence-electron chi connectivity index (χ4n) is 2.44. The number of carbonyl (C=O) groups is 1. The molecule has 0 aliphatic heterocycles. The number of carbonyl (C=O) groups excluding carboxylic acids is 1. The van der Waals surface area contributed by atoms with Gasteiger partial charge in [-0.1, -0.05) is 26.7 Å². The summed E-state index contributed by atoms with van der Waals surface area (Å²) < 4.78 is 0. The fraction of sp³-hybridized carbons (Fsp3) is 0.917. The predicted molar refractivity (Wildman–Crippen MR) is 69.9 cm³/mol. The first-order valence-corrected chi connectivity index (χ1v) is 6.14. The largest absolute Gasteiger partial charge is 0.353 e. The van der Waals surface area contributed by atoms with Gasteiger partial charge in [-0.15, -0.1) is 12.4 Å². The summed E-state index contributed by atoms with van der Waals surface area (Å²) in [5.74, 6) is 0.985. The van der Waals surface area contributed by atoms with Crippen molar-refractivity contribution in [3.05, 3.63) is 0 Å². The molecule has 1 saturated carbocycles. The van der Waals surface area contributed by atoms with Crippen LogP contribution in [0.25, 0.3) is 0 Å². The molecule has 1 amide bonds. The van der Waals surface area contributed by atoms with Crippen LogP contribution in [0, 0.1) is 11.8 Å². The second-order valence-electron chi connectivity index (χ2n) is 4.67. The molecule has 2 N–H and O–H groups in total. The van der Waals surface area contributed by atoms with Gasteiger partial charge in [-0.3, -0.25) is 4.79 Å². The molecule has 0 saturated heterocycles. The molecule has 1 aliphatic carbocycles. The van der Waals surface area contributed by atoms with E-state index in [4.69, 9.17) is 0 Å². The number of hydrogen-bond donors (Lipinski definition) is 2. The molecule has 0 spiro atoms. The van der Waals surface area contributed by atoms with E-state index in [0.29, 0.717) is 12.0 Å². The first-order chi connectivity index (χ1) is 7.19. The predicted octanol–water partition coefficient (Wildman–Crippen LogP) is 1.96. The molecule has 0 heterocycles. The minimum Gasteiger partial charge on any atom is -0.353 e. The van der Waals surface area contributed by atoms with Gasteiger partial charge in [0, 0.05) is 18.5 Å². The van der Waals surface area contributed by atoms with Crippen molar-refractivity contribution in [2.24, 2.45) is 11.8 Å². The van der Waals surface area contributed by atoms with Gasteiger partial charge in [-0.2, -0.15) is 0 Å². The Morgan fingerprint density at radius 1 is 1.44 bits per heavy atom. The third kappa shape index (κ3) is 4.30. The highest BCUT2D eigenvalue weighted by atomic mass is 35.5. The third-order valence-electron chi connectivity index (χ3n) is 3.47. The Balaban J connectivity index is 0.00000225. The van der Waals surface area contributed by atoms with Gasteiger partial charge in [-0.25, -0.2) is 0 Å². The van der Waals surface area contributed by atoms with Gasteiger partial charge < -0.3 is 10.6 Å². The summed E-state index contributed by atoms with van der Waals surface area (Å²) in [4.78, 5) is 11.8. The lowest BCUT2D eigenvalue weighted by Gasteiger charge is -2.21. The molecule has 96 valence electrons. The number of halogens is 1. The summed E-state index contributed by atoms with van der Waals surface area (Å²) in [6, 6.07) is 0.432. The van der Waals surface area contributed by atoms with E-state index in [1.54, 1.807) is 0 Å². The van der Waals surface area contributed by atoms with Gasteiger partial charge in [0.05, 0.1) is 0 Å². The zero-order chi connectivity index (χ0) is 11.3. The SMILES string of the molecule is CCC1CCCC1NC(=O)C(C)CNC.Cl. The molecule has 3 atom stereocenters. The molecule has 0 radical (unpaired) electrons. The Kier molecular flexibility index (Phi) is 7.77. The van der Waals surface area contributed by atoms with Gasteiger partial charge >= 0.3 is 0 Å². The lowest BCUT2D eigenvalue weighted by atomic mass is 10.00. The van der Waals surface area contributed by atoms with Gasteiger partial charge in [0.2, 0.25) is 5.91 Å². The van der Waals surface area contributed by atoms with E-state index in [9.17, 15) is 4.79 Å².